The fraction of sp³-hybridized carbons (Fsp3) is 0.533. The van der Waals surface area contributed by atoms with Crippen LogP contribution in [0.1, 0.15) is 32.8 Å². The predicted molar refractivity (Wildman–Crippen MR) is 76.1 cm³/mol. The number of rotatable bonds is 6. The van der Waals surface area contributed by atoms with E-state index in [0.717, 1.165) is 5.56 Å². The summed E-state index contributed by atoms with van der Waals surface area (Å²) in [5, 5.41) is 11.9. The number of amides is 1. The molecule has 0 aliphatic carbocycles. The number of carbonyl (C=O) groups excluding carboxylic acids is 1. The molecule has 0 radical (unpaired) electrons. The van der Waals surface area contributed by atoms with Crippen molar-refractivity contribution in [3.8, 4) is 0 Å². The Morgan fingerprint density at radius 3 is 2.60 bits per heavy atom. The highest BCUT2D eigenvalue weighted by atomic mass is 16.4. The Hall–Kier alpha value is -1.91. The third kappa shape index (κ3) is 6.31. The molecular formula is C15H22N2O3. The molecule has 0 bridgehead atoms. The largest absolute Gasteiger partial charge is 0.481 e. The molecule has 2 N–H and O–H groups in total. The second-order valence-electron chi connectivity index (χ2n) is 6.14. The number of nitrogens with zero attached hydrogens (tertiary/aromatic N) is 1. The molecule has 0 aliphatic heterocycles. The van der Waals surface area contributed by atoms with Crippen LogP contribution in [-0.4, -0.2) is 28.5 Å². The summed E-state index contributed by atoms with van der Waals surface area (Å²) in [6.45, 7) is 6.12. The zero-order valence-electron chi connectivity index (χ0n) is 12.2. The fourth-order valence-electron chi connectivity index (χ4n) is 1.97. The lowest BCUT2D eigenvalue weighted by Gasteiger charge is -2.23. The zero-order valence-corrected chi connectivity index (χ0v) is 12.2. The van der Waals surface area contributed by atoms with Gasteiger partial charge < -0.3 is 10.4 Å². The van der Waals surface area contributed by atoms with Crippen LogP contribution in [0.4, 0.5) is 0 Å². The van der Waals surface area contributed by atoms with E-state index >= 15 is 0 Å². The van der Waals surface area contributed by atoms with E-state index in [-0.39, 0.29) is 24.3 Å². The van der Waals surface area contributed by atoms with Crippen LogP contribution in [0.15, 0.2) is 24.5 Å². The van der Waals surface area contributed by atoms with Gasteiger partial charge in [0, 0.05) is 18.9 Å². The zero-order chi connectivity index (χ0) is 15.2. The highest BCUT2D eigenvalue weighted by Crippen LogP contribution is 2.24. The van der Waals surface area contributed by atoms with Gasteiger partial charge in [0.25, 0.3) is 0 Å². The van der Waals surface area contributed by atoms with Gasteiger partial charge in [-0.1, -0.05) is 26.8 Å². The summed E-state index contributed by atoms with van der Waals surface area (Å²) < 4.78 is 0. The quantitative estimate of drug-likeness (QED) is 0.832. The lowest BCUT2D eigenvalue weighted by Crippen LogP contribution is -2.35. The lowest BCUT2D eigenvalue weighted by atomic mass is 9.84. The monoisotopic (exact) mass is 278 g/mol. The Balaban J connectivity index is 2.47. The minimum absolute atomic E-state index is 0.0862. The van der Waals surface area contributed by atoms with Crippen LogP contribution in [0.3, 0.4) is 0 Å². The molecule has 1 amide bonds. The van der Waals surface area contributed by atoms with E-state index in [9.17, 15) is 14.7 Å². The first-order valence-corrected chi connectivity index (χ1v) is 6.66. The molecule has 5 nitrogen and oxygen atoms in total. The van der Waals surface area contributed by atoms with E-state index in [2.05, 4.69) is 10.3 Å². The summed E-state index contributed by atoms with van der Waals surface area (Å²) in [6, 6.07) is 3.58. The van der Waals surface area contributed by atoms with Crippen LogP contribution in [0, 0.1) is 11.3 Å². The second-order valence-corrected chi connectivity index (χ2v) is 6.14. The van der Waals surface area contributed by atoms with Gasteiger partial charge in [-0.2, -0.15) is 0 Å². The van der Waals surface area contributed by atoms with Gasteiger partial charge in [-0.25, -0.2) is 0 Å². The number of nitrogens with one attached hydrogen (secondary N) is 1. The van der Waals surface area contributed by atoms with E-state index in [1.807, 2.05) is 26.8 Å². The first kappa shape index (κ1) is 16.1. The molecule has 0 aromatic carbocycles. The number of carboxylic acid groups (broad SMARTS) is 1. The van der Waals surface area contributed by atoms with E-state index < -0.39 is 11.9 Å². The van der Waals surface area contributed by atoms with E-state index in [1.165, 1.54) is 0 Å². The maximum atomic E-state index is 11.8. The average Bonchev–Trinajstić information content (AvgIpc) is 2.34. The summed E-state index contributed by atoms with van der Waals surface area (Å²) in [7, 11) is 0. The number of carboxylic acids is 1. The molecule has 1 atom stereocenters. The smallest absolute Gasteiger partial charge is 0.308 e. The summed E-state index contributed by atoms with van der Waals surface area (Å²) >= 11 is 0. The van der Waals surface area contributed by atoms with Crippen molar-refractivity contribution in [2.45, 2.75) is 33.6 Å². The number of carbonyl (C=O) groups is 2. The SMILES string of the molecule is CC(C)(C)CC(CNC(=O)Cc1cccnc1)C(=O)O. The summed E-state index contributed by atoms with van der Waals surface area (Å²) in [5.41, 5.74) is 0.727. The van der Waals surface area contributed by atoms with Gasteiger partial charge >= 0.3 is 5.97 Å². The minimum atomic E-state index is -0.874. The molecule has 0 saturated heterocycles. The maximum Gasteiger partial charge on any atom is 0.308 e. The van der Waals surface area contributed by atoms with Crippen LogP contribution in [0.25, 0.3) is 0 Å². The molecular weight excluding hydrogens is 256 g/mol. The number of pyridine rings is 1. The topological polar surface area (TPSA) is 79.3 Å². The van der Waals surface area contributed by atoms with Crippen LogP contribution >= 0.6 is 0 Å². The van der Waals surface area contributed by atoms with Crippen molar-refractivity contribution in [1.82, 2.24) is 10.3 Å². The van der Waals surface area contributed by atoms with E-state index in [4.69, 9.17) is 0 Å². The van der Waals surface area contributed by atoms with Crippen molar-refractivity contribution in [3.05, 3.63) is 30.1 Å². The van der Waals surface area contributed by atoms with Gasteiger partial charge in [0.15, 0.2) is 0 Å². The molecule has 110 valence electrons. The van der Waals surface area contributed by atoms with Crippen LogP contribution in [0.2, 0.25) is 0 Å². The molecule has 5 heteroatoms. The highest BCUT2D eigenvalue weighted by molar-refractivity contribution is 5.79. The van der Waals surface area contributed by atoms with Crippen molar-refractivity contribution >= 4 is 11.9 Å². The van der Waals surface area contributed by atoms with Gasteiger partial charge in [-0.3, -0.25) is 14.6 Å². The number of aromatic nitrogens is 1. The van der Waals surface area contributed by atoms with Gasteiger partial charge in [-0.15, -0.1) is 0 Å². The summed E-state index contributed by atoms with van der Waals surface area (Å²) in [6.07, 6.45) is 4.01. The Kier molecular flexibility index (Phi) is 5.67. The molecule has 1 aromatic rings. The number of hydrogen-bond donors (Lipinski definition) is 2. The number of hydrogen-bond acceptors (Lipinski definition) is 3. The van der Waals surface area contributed by atoms with Gasteiger partial charge in [0.2, 0.25) is 5.91 Å². The van der Waals surface area contributed by atoms with Crippen molar-refractivity contribution in [2.75, 3.05) is 6.54 Å². The Morgan fingerprint density at radius 2 is 2.10 bits per heavy atom. The standard InChI is InChI=1S/C15H22N2O3/c1-15(2,3)8-12(14(19)20)10-17-13(18)7-11-5-4-6-16-9-11/h4-6,9,12H,7-8,10H2,1-3H3,(H,17,18)(H,19,20). The van der Waals surface area contributed by atoms with E-state index in [1.54, 1.807) is 18.5 Å². The summed E-state index contributed by atoms with van der Waals surface area (Å²) in [4.78, 5) is 26.9. The minimum Gasteiger partial charge on any atom is -0.481 e. The van der Waals surface area contributed by atoms with Crippen molar-refractivity contribution < 1.29 is 14.7 Å². The van der Waals surface area contributed by atoms with Gasteiger partial charge in [-0.05, 0) is 23.5 Å². The van der Waals surface area contributed by atoms with Gasteiger partial charge in [0.05, 0.1) is 12.3 Å². The number of aliphatic carboxylic acids is 1. The molecule has 0 fully saturated rings. The third-order valence-corrected chi connectivity index (χ3v) is 2.84. The van der Waals surface area contributed by atoms with Crippen molar-refractivity contribution in [3.63, 3.8) is 0 Å². The molecule has 1 aromatic heterocycles. The normalized spacial score (nSPS) is 12.8. The predicted octanol–water partition coefficient (Wildman–Crippen LogP) is 1.88. The maximum absolute atomic E-state index is 11.8. The molecule has 0 spiro atoms. The second kappa shape index (κ2) is 7.03. The van der Waals surface area contributed by atoms with Crippen molar-refractivity contribution in [2.24, 2.45) is 11.3 Å². The Labute approximate surface area is 119 Å². The van der Waals surface area contributed by atoms with Crippen LogP contribution < -0.4 is 5.32 Å². The lowest BCUT2D eigenvalue weighted by molar-refractivity contribution is -0.142. The molecule has 1 unspecified atom stereocenters. The Morgan fingerprint density at radius 1 is 1.40 bits per heavy atom. The third-order valence-electron chi connectivity index (χ3n) is 2.84. The average molecular weight is 278 g/mol. The van der Waals surface area contributed by atoms with Gasteiger partial charge in [0.1, 0.15) is 0 Å². The molecule has 20 heavy (non-hydrogen) atoms. The Bertz CT molecular complexity index is 452. The van der Waals surface area contributed by atoms with Crippen LogP contribution in [0.5, 0.6) is 0 Å². The molecule has 1 rings (SSSR count). The highest BCUT2D eigenvalue weighted by Gasteiger charge is 2.24. The summed E-state index contributed by atoms with van der Waals surface area (Å²) in [5.74, 6) is -1.62. The first-order valence-electron chi connectivity index (χ1n) is 6.66. The van der Waals surface area contributed by atoms with E-state index in [0.29, 0.717) is 6.42 Å². The molecule has 0 aliphatic rings. The van der Waals surface area contributed by atoms with Crippen LogP contribution in [-0.2, 0) is 16.0 Å². The molecule has 1 heterocycles. The first-order chi connectivity index (χ1) is 9.28. The van der Waals surface area contributed by atoms with Crippen molar-refractivity contribution in [1.29, 1.82) is 0 Å². The molecule has 0 saturated carbocycles. The fourth-order valence-corrected chi connectivity index (χ4v) is 1.97.